The highest BCUT2D eigenvalue weighted by atomic mass is 19.4. The second kappa shape index (κ2) is 15.5. The maximum absolute atomic E-state index is 15.0. The number of methoxy groups -OCH3 is 1. The van der Waals surface area contributed by atoms with Gasteiger partial charge in [-0.15, -0.1) is 13.2 Å². The van der Waals surface area contributed by atoms with Gasteiger partial charge in [0.05, 0.1) is 25.4 Å². The zero-order chi connectivity index (χ0) is 33.2. The fourth-order valence-corrected chi connectivity index (χ4v) is 5.00. The lowest BCUT2D eigenvalue weighted by atomic mass is 10.1. The third-order valence-corrected chi connectivity index (χ3v) is 7.21. The van der Waals surface area contributed by atoms with E-state index in [4.69, 9.17) is 14.2 Å². The number of aromatic nitrogens is 1. The number of halogens is 4. The number of carbonyl (C=O) groups is 1. The number of alkyl halides is 3. The van der Waals surface area contributed by atoms with E-state index in [0.29, 0.717) is 40.3 Å². The number of urea groups is 1. The highest BCUT2D eigenvalue weighted by Gasteiger charge is 2.31. The van der Waals surface area contributed by atoms with Crippen molar-refractivity contribution in [2.24, 2.45) is 5.10 Å². The Hall–Kier alpha value is -5.11. The summed E-state index contributed by atoms with van der Waals surface area (Å²) in [5.41, 5.74) is 3.30. The largest absolute Gasteiger partial charge is 0.573 e. The smallest absolute Gasteiger partial charge is 0.493 e. The van der Waals surface area contributed by atoms with Gasteiger partial charge in [-0.05, 0) is 86.4 Å². The molecular weight excluding hydrogens is 622 g/mol. The molecule has 0 aliphatic carbocycles. The maximum Gasteiger partial charge on any atom is 0.573 e. The van der Waals surface area contributed by atoms with Gasteiger partial charge in [0.15, 0.2) is 23.1 Å². The quantitative estimate of drug-likeness (QED) is 0.0705. The van der Waals surface area contributed by atoms with E-state index in [0.717, 1.165) is 44.3 Å². The zero-order valence-electron chi connectivity index (χ0n) is 25.5. The van der Waals surface area contributed by atoms with Crippen LogP contribution in [-0.2, 0) is 0 Å². The molecule has 5 rings (SSSR count). The second-order valence-electron chi connectivity index (χ2n) is 10.6. The molecule has 0 unspecified atom stereocenters. The molecule has 10 nitrogen and oxygen atoms in total. The molecule has 0 spiro atoms. The van der Waals surface area contributed by atoms with Crippen molar-refractivity contribution in [1.29, 1.82) is 0 Å². The molecule has 1 aliphatic heterocycles. The minimum Gasteiger partial charge on any atom is -0.493 e. The van der Waals surface area contributed by atoms with Crippen LogP contribution >= 0.6 is 0 Å². The van der Waals surface area contributed by atoms with Crippen LogP contribution in [0.25, 0.3) is 10.9 Å². The summed E-state index contributed by atoms with van der Waals surface area (Å²) in [4.78, 5) is 19.1. The Balaban J connectivity index is 1.17. The van der Waals surface area contributed by atoms with Gasteiger partial charge in [-0.2, -0.15) is 5.10 Å². The van der Waals surface area contributed by atoms with Gasteiger partial charge in [0.2, 0.25) is 0 Å². The number of benzene rings is 3. The molecule has 0 atom stereocenters. The van der Waals surface area contributed by atoms with E-state index in [9.17, 15) is 18.0 Å². The Labute approximate surface area is 268 Å². The Kier molecular flexibility index (Phi) is 10.9. The SMILES string of the molecule is COc1cc2c(Oc3ccc(NC(=O)N/N=C/c4ccc(OC(F)(F)F)cc4)cc3F)ccnc2cc1OCCCN1CCCCC1. The van der Waals surface area contributed by atoms with Crippen molar-refractivity contribution in [3.63, 3.8) is 0 Å². The van der Waals surface area contributed by atoms with Crippen LogP contribution in [0.2, 0.25) is 0 Å². The van der Waals surface area contributed by atoms with Crippen LogP contribution in [0, 0.1) is 5.82 Å². The van der Waals surface area contributed by atoms with E-state index in [1.807, 2.05) is 0 Å². The molecule has 2 heterocycles. The molecule has 1 aliphatic rings. The molecule has 2 amide bonds. The lowest BCUT2D eigenvalue weighted by molar-refractivity contribution is -0.274. The van der Waals surface area contributed by atoms with E-state index < -0.39 is 18.2 Å². The molecule has 1 aromatic heterocycles. The van der Waals surface area contributed by atoms with Crippen LogP contribution in [-0.4, -0.2) is 61.8 Å². The van der Waals surface area contributed by atoms with Gasteiger partial charge in [0, 0.05) is 35.9 Å². The summed E-state index contributed by atoms with van der Waals surface area (Å²) in [6.07, 6.45) is 2.63. The first-order valence-corrected chi connectivity index (χ1v) is 14.9. The molecular formula is C33H33F4N5O5. The molecule has 47 heavy (non-hydrogen) atoms. The molecule has 2 N–H and O–H groups in total. The summed E-state index contributed by atoms with van der Waals surface area (Å²) >= 11 is 0. The number of likely N-dealkylation sites (tertiary alicyclic amines) is 1. The van der Waals surface area contributed by atoms with Gasteiger partial charge < -0.3 is 29.2 Å². The van der Waals surface area contributed by atoms with Gasteiger partial charge >= 0.3 is 12.4 Å². The van der Waals surface area contributed by atoms with Crippen molar-refractivity contribution in [2.75, 3.05) is 38.7 Å². The molecule has 0 radical (unpaired) electrons. The number of pyridine rings is 1. The first kappa shape index (κ1) is 33.3. The van der Waals surface area contributed by atoms with Crippen molar-refractivity contribution < 1.29 is 41.3 Å². The molecule has 0 saturated carbocycles. The Bertz CT molecular complexity index is 1700. The third kappa shape index (κ3) is 9.69. The normalized spacial score (nSPS) is 13.8. The minimum atomic E-state index is -4.80. The van der Waals surface area contributed by atoms with Crippen molar-refractivity contribution in [3.8, 4) is 28.7 Å². The predicted octanol–water partition coefficient (Wildman–Crippen LogP) is 7.48. The molecule has 1 saturated heterocycles. The third-order valence-electron chi connectivity index (χ3n) is 7.21. The number of ether oxygens (including phenoxy) is 4. The molecule has 3 aromatic carbocycles. The molecule has 14 heteroatoms. The molecule has 0 bridgehead atoms. The number of nitrogens with one attached hydrogen (secondary N) is 2. The predicted molar refractivity (Wildman–Crippen MR) is 168 cm³/mol. The number of hydrogen-bond acceptors (Lipinski definition) is 8. The molecule has 1 fully saturated rings. The van der Waals surface area contributed by atoms with E-state index in [1.54, 1.807) is 31.5 Å². The maximum atomic E-state index is 15.0. The van der Waals surface area contributed by atoms with Crippen LogP contribution in [0.4, 0.5) is 28.0 Å². The van der Waals surface area contributed by atoms with Crippen molar-refractivity contribution >= 4 is 28.8 Å². The standard InChI is InChI=1S/C33H33F4N5O5/c1-44-30-19-25-27(20-31(30)45-17-5-16-42-14-3-2-4-15-42)38-13-12-28(25)46-29-11-8-23(18-26(29)34)40-32(43)41-39-21-22-6-9-24(10-7-22)47-33(35,36)37/h6-13,18-21H,2-5,14-17H2,1H3,(H2,40,41,43)/b39-21+. The number of hydrazone groups is 1. The van der Waals surface area contributed by atoms with Crippen LogP contribution < -0.4 is 29.7 Å². The topological polar surface area (TPSA) is 107 Å². The number of fused-ring (bicyclic) bond motifs is 1. The summed E-state index contributed by atoms with van der Waals surface area (Å²) in [5.74, 6) is 0.180. The summed E-state index contributed by atoms with van der Waals surface area (Å²) < 4.78 is 73.2. The second-order valence-corrected chi connectivity index (χ2v) is 10.6. The van der Waals surface area contributed by atoms with E-state index in [1.165, 1.54) is 49.7 Å². The van der Waals surface area contributed by atoms with Crippen LogP contribution in [0.3, 0.4) is 0 Å². The van der Waals surface area contributed by atoms with Crippen molar-refractivity contribution in [3.05, 3.63) is 78.2 Å². The van der Waals surface area contributed by atoms with Crippen molar-refractivity contribution in [2.45, 2.75) is 32.0 Å². The number of piperidine rings is 1. The lowest BCUT2D eigenvalue weighted by Gasteiger charge is -2.26. The fraction of sp³-hybridized carbons (Fsp3) is 0.303. The molecule has 4 aromatic rings. The highest BCUT2D eigenvalue weighted by Crippen LogP contribution is 2.38. The highest BCUT2D eigenvalue weighted by molar-refractivity contribution is 5.91. The monoisotopic (exact) mass is 655 g/mol. The number of hydrogen-bond donors (Lipinski definition) is 2. The van der Waals surface area contributed by atoms with Gasteiger partial charge in [-0.1, -0.05) is 6.42 Å². The van der Waals surface area contributed by atoms with Crippen molar-refractivity contribution in [1.82, 2.24) is 15.3 Å². The number of carbonyl (C=O) groups excluding carboxylic acids is 1. The molecule has 248 valence electrons. The van der Waals surface area contributed by atoms with Gasteiger partial charge in [-0.3, -0.25) is 4.98 Å². The van der Waals surface area contributed by atoms with Crippen LogP contribution in [0.15, 0.2) is 72.0 Å². The van der Waals surface area contributed by atoms with E-state index in [2.05, 4.69) is 30.5 Å². The average Bonchev–Trinajstić information content (AvgIpc) is 3.04. The fourth-order valence-electron chi connectivity index (χ4n) is 5.00. The summed E-state index contributed by atoms with van der Waals surface area (Å²) in [5, 5.41) is 6.76. The Morgan fingerprint density at radius 3 is 2.49 bits per heavy atom. The Morgan fingerprint density at radius 1 is 0.979 bits per heavy atom. The van der Waals surface area contributed by atoms with Gasteiger partial charge in [0.1, 0.15) is 11.5 Å². The Morgan fingerprint density at radius 2 is 1.77 bits per heavy atom. The first-order chi connectivity index (χ1) is 22.7. The summed E-state index contributed by atoms with van der Waals surface area (Å²) in [6.45, 7) is 3.77. The van der Waals surface area contributed by atoms with Gasteiger partial charge in [0.25, 0.3) is 0 Å². The van der Waals surface area contributed by atoms with Gasteiger partial charge in [-0.25, -0.2) is 14.6 Å². The van der Waals surface area contributed by atoms with Crippen LogP contribution in [0.1, 0.15) is 31.2 Å². The summed E-state index contributed by atoms with van der Waals surface area (Å²) in [7, 11) is 1.54. The number of anilines is 1. The number of amides is 2. The van der Waals surface area contributed by atoms with Crippen LogP contribution in [0.5, 0.6) is 28.7 Å². The first-order valence-electron chi connectivity index (χ1n) is 14.9. The van der Waals surface area contributed by atoms with E-state index in [-0.39, 0.29) is 17.2 Å². The average molecular weight is 656 g/mol. The summed E-state index contributed by atoms with van der Waals surface area (Å²) in [6, 6.07) is 13.1. The number of nitrogens with zero attached hydrogens (tertiary/aromatic N) is 3. The zero-order valence-corrected chi connectivity index (χ0v) is 25.5. The van der Waals surface area contributed by atoms with E-state index >= 15 is 4.39 Å². The number of rotatable bonds is 12. The lowest BCUT2D eigenvalue weighted by Crippen LogP contribution is -2.31. The minimum absolute atomic E-state index is 0.0866.